The highest BCUT2D eigenvalue weighted by molar-refractivity contribution is 7.89. The van der Waals surface area contributed by atoms with E-state index < -0.39 is 10.0 Å². The number of nitrogens with zero attached hydrogens (tertiary/aromatic N) is 2. The Morgan fingerprint density at radius 1 is 1.19 bits per heavy atom. The van der Waals surface area contributed by atoms with Crippen LogP contribution in [0.5, 0.6) is 0 Å². The predicted octanol–water partition coefficient (Wildman–Crippen LogP) is 2.24. The maximum Gasteiger partial charge on any atom is 0.238 e. The van der Waals surface area contributed by atoms with Gasteiger partial charge in [0.15, 0.2) is 0 Å². The standard InChI is InChI=1S/C17H19ClN4O3S/c18-15-11-20-8-5-16(15)22-9-6-12(7-10-22)17(23)21-13-1-3-14(4-2-13)26(19,24)25/h1-5,8,11-12H,6-7,9-10H2,(H,21,23)(H2,19,24,25). The van der Waals surface area contributed by atoms with Crippen LogP contribution in [0.25, 0.3) is 0 Å². The van der Waals surface area contributed by atoms with E-state index in [1.54, 1.807) is 12.4 Å². The number of carbonyl (C=O) groups is 1. The summed E-state index contributed by atoms with van der Waals surface area (Å²) < 4.78 is 22.5. The zero-order valence-electron chi connectivity index (χ0n) is 13.9. The van der Waals surface area contributed by atoms with Gasteiger partial charge in [-0.25, -0.2) is 13.6 Å². The molecule has 7 nitrogen and oxygen atoms in total. The number of carbonyl (C=O) groups excluding carboxylic acids is 1. The van der Waals surface area contributed by atoms with E-state index in [1.165, 1.54) is 24.3 Å². The molecule has 0 spiro atoms. The van der Waals surface area contributed by atoms with Crippen LogP contribution in [0, 0.1) is 5.92 Å². The summed E-state index contributed by atoms with van der Waals surface area (Å²) in [7, 11) is -3.74. The number of halogens is 1. The molecule has 1 amide bonds. The smallest absolute Gasteiger partial charge is 0.238 e. The van der Waals surface area contributed by atoms with Gasteiger partial charge in [0, 0.05) is 37.1 Å². The lowest BCUT2D eigenvalue weighted by Crippen LogP contribution is -2.38. The molecule has 2 aromatic rings. The summed E-state index contributed by atoms with van der Waals surface area (Å²) in [4.78, 5) is 18.6. The third-order valence-electron chi connectivity index (χ3n) is 4.41. The molecule has 0 unspecified atom stereocenters. The number of benzene rings is 1. The summed E-state index contributed by atoms with van der Waals surface area (Å²) in [6.07, 6.45) is 4.73. The van der Waals surface area contributed by atoms with Gasteiger partial charge in [-0.3, -0.25) is 9.78 Å². The van der Waals surface area contributed by atoms with Gasteiger partial charge in [-0.1, -0.05) is 11.6 Å². The van der Waals surface area contributed by atoms with E-state index in [0.717, 1.165) is 18.8 Å². The highest BCUT2D eigenvalue weighted by atomic mass is 35.5. The van der Waals surface area contributed by atoms with Gasteiger partial charge in [-0.2, -0.15) is 0 Å². The molecule has 3 rings (SSSR count). The lowest BCUT2D eigenvalue weighted by Gasteiger charge is -2.33. The number of anilines is 2. The molecule has 1 aliphatic rings. The number of hydrogen-bond acceptors (Lipinski definition) is 5. The number of rotatable bonds is 4. The van der Waals surface area contributed by atoms with E-state index in [0.29, 0.717) is 23.6 Å². The maximum atomic E-state index is 12.5. The van der Waals surface area contributed by atoms with Crippen LogP contribution in [0.4, 0.5) is 11.4 Å². The largest absolute Gasteiger partial charge is 0.370 e. The molecule has 0 saturated carbocycles. The lowest BCUT2D eigenvalue weighted by atomic mass is 9.95. The Morgan fingerprint density at radius 2 is 1.85 bits per heavy atom. The van der Waals surface area contributed by atoms with Gasteiger partial charge in [-0.05, 0) is 43.2 Å². The molecular formula is C17H19ClN4O3S. The van der Waals surface area contributed by atoms with Gasteiger partial charge < -0.3 is 10.2 Å². The van der Waals surface area contributed by atoms with Crippen LogP contribution >= 0.6 is 11.6 Å². The highest BCUT2D eigenvalue weighted by Crippen LogP contribution is 2.29. The summed E-state index contributed by atoms with van der Waals surface area (Å²) in [5.41, 5.74) is 1.47. The first-order valence-corrected chi connectivity index (χ1v) is 10.1. The normalized spacial score (nSPS) is 15.7. The molecule has 1 aromatic carbocycles. The minimum atomic E-state index is -3.74. The quantitative estimate of drug-likeness (QED) is 0.827. The molecule has 0 radical (unpaired) electrons. The fourth-order valence-corrected chi connectivity index (χ4v) is 3.73. The van der Waals surface area contributed by atoms with E-state index >= 15 is 0 Å². The average Bonchev–Trinajstić information content (AvgIpc) is 2.62. The van der Waals surface area contributed by atoms with Crippen molar-refractivity contribution >= 4 is 38.9 Å². The number of pyridine rings is 1. The van der Waals surface area contributed by atoms with E-state index in [9.17, 15) is 13.2 Å². The van der Waals surface area contributed by atoms with Crippen molar-refractivity contribution in [2.75, 3.05) is 23.3 Å². The van der Waals surface area contributed by atoms with E-state index in [4.69, 9.17) is 16.7 Å². The summed E-state index contributed by atoms with van der Waals surface area (Å²) in [5, 5.41) is 8.49. The number of aromatic nitrogens is 1. The maximum absolute atomic E-state index is 12.5. The predicted molar refractivity (Wildman–Crippen MR) is 101 cm³/mol. The summed E-state index contributed by atoms with van der Waals surface area (Å²) >= 11 is 6.17. The summed E-state index contributed by atoms with van der Waals surface area (Å²) in [5.74, 6) is -0.182. The van der Waals surface area contributed by atoms with Gasteiger partial charge in [0.05, 0.1) is 15.6 Å². The molecule has 138 valence electrons. The molecule has 0 bridgehead atoms. The van der Waals surface area contributed by atoms with Gasteiger partial charge in [0.1, 0.15) is 0 Å². The Bertz CT molecular complexity index is 894. The molecule has 0 aliphatic carbocycles. The Labute approximate surface area is 157 Å². The molecule has 1 saturated heterocycles. The van der Waals surface area contributed by atoms with Crippen LogP contribution < -0.4 is 15.4 Å². The minimum Gasteiger partial charge on any atom is -0.370 e. The Balaban J connectivity index is 1.58. The van der Waals surface area contributed by atoms with E-state index in [2.05, 4.69) is 15.2 Å². The van der Waals surface area contributed by atoms with Crippen LogP contribution in [0.3, 0.4) is 0 Å². The third-order valence-corrected chi connectivity index (χ3v) is 5.63. The van der Waals surface area contributed by atoms with Crippen molar-refractivity contribution in [2.24, 2.45) is 11.1 Å². The molecule has 26 heavy (non-hydrogen) atoms. The first kappa shape index (κ1) is 18.6. The summed E-state index contributed by atoms with van der Waals surface area (Å²) in [6.45, 7) is 1.46. The fraction of sp³-hybridized carbons (Fsp3) is 0.294. The minimum absolute atomic E-state index is 0.0121. The van der Waals surface area contributed by atoms with Crippen molar-refractivity contribution < 1.29 is 13.2 Å². The monoisotopic (exact) mass is 394 g/mol. The zero-order chi connectivity index (χ0) is 18.7. The van der Waals surface area contributed by atoms with Crippen LogP contribution in [-0.4, -0.2) is 32.4 Å². The van der Waals surface area contributed by atoms with E-state index in [1.807, 2.05) is 6.07 Å². The second-order valence-corrected chi connectivity index (χ2v) is 8.12. The first-order chi connectivity index (χ1) is 12.3. The third kappa shape index (κ3) is 4.32. The Hall–Kier alpha value is -2.16. The van der Waals surface area contributed by atoms with Crippen LogP contribution in [0.15, 0.2) is 47.6 Å². The molecule has 1 aliphatic heterocycles. The van der Waals surface area contributed by atoms with Crippen LogP contribution in [-0.2, 0) is 14.8 Å². The number of sulfonamides is 1. The molecule has 9 heteroatoms. The topological polar surface area (TPSA) is 105 Å². The molecule has 1 aromatic heterocycles. The van der Waals surface area contributed by atoms with Crippen LogP contribution in [0.1, 0.15) is 12.8 Å². The summed E-state index contributed by atoms with van der Waals surface area (Å²) in [6, 6.07) is 7.68. The van der Waals surface area contributed by atoms with Gasteiger partial charge >= 0.3 is 0 Å². The molecule has 1 fully saturated rings. The molecule has 0 atom stereocenters. The number of piperidine rings is 1. The van der Waals surface area contributed by atoms with Crippen molar-refractivity contribution in [1.82, 2.24) is 4.98 Å². The number of hydrogen-bond donors (Lipinski definition) is 2. The number of amides is 1. The van der Waals surface area contributed by atoms with Crippen molar-refractivity contribution in [3.8, 4) is 0 Å². The zero-order valence-corrected chi connectivity index (χ0v) is 15.5. The Kier molecular flexibility index (Phi) is 5.45. The SMILES string of the molecule is NS(=O)(=O)c1ccc(NC(=O)C2CCN(c3ccncc3Cl)CC2)cc1. The number of nitrogens with one attached hydrogen (secondary N) is 1. The fourth-order valence-electron chi connectivity index (χ4n) is 2.98. The highest BCUT2D eigenvalue weighted by Gasteiger charge is 2.26. The Morgan fingerprint density at radius 3 is 2.42 bits per heavy atom. The first-order valence-electron chi connectivity index (χ1n) is 8.13. The van der Waals surface area contributed by atoms with Crippen molar-refractivity contribution in [3.63, 3.8) is 0 Å². The second kappa shape index (κ2) is 7.61. The van der Waals surface area contributed by atoms with Crippen molar-refractivity contribution in [3.05, 3.63) is 47.7 Å². The van der Waals surface area contributed by atoms with Gasteiger partial charge in [-0.15, -0.1) is 0 Å². The molecular weight excluding hydrogens is 376 g/mol. The lowest BCUT2D eigenvalue weighted by molar-refractivity contribution is -0.120. The van der Waals surface area contributed by atoms with E-state index in [-0.39, 0.29) is 16.7 Å². The molecule has 2 heterocycles. The molecule has 3 N–H and O–H groups in total. The van der Waals surface area contributed by atoms with Crippen molar-refractivity contribution in [2.45, 2.75) is 17.7 Å². The number of nitrogens with two attached hydrogens (primary N) is 1. The van der Waals surface area contributed by atoms with Gasteiger partial charge in [0.25, 0.3) is 0 Å². The second-order valence-electron chi connectivity index (χ2n) is 6.15. The van der Waals surface area contributed by atoms with Crippen LogP contribution in [0.2, 0.25) is 5.02 Å². The van der Waals surface area contributed by atoms with Crippen molar-refractivity contribution in [1.29, 1.82) is 0 Å². The average molecular weight is 395 g/mol. The number of primary sulfonamides is 1. The van der Waals surface area contributed by atoms with Gasteiger partial charge in [0.2, 0.25) is 15.9 Å².